The van der Waals surface area contributed by atoms with Crippen molar-refractivity contribution in [1.82, 2.24) is 0 Å². The van der Waals surface area contributed by atoms with E-state index in [-0.39, 0.29) is 9.47 Å². The third-order valence-corrected chi connectivity index (χ3v) is 6.08. The molecule has 1 heterocycles. The quantitative estimate of drug-likeness (QED) is 0.799. The zero-order chi connectivity index (χ0) is 12.5. The van der Waals surface area contributed by atoms with Crippen LogP contribution in [-0.2, 0) is 5.41 Å². The molecule has 0 unspecified atom stereocenters. The molecule has 0 bridgehead atoms. The third kappa shape index (κ3) is 3.21. The van der Waals surface area contributed by atoms with E-state index < -0.39 is 0 Å². The van der Waals surface area contributed by atoms with E-state index in [1.165, 1.54) is 32.4 Å². The summed E-state index contributed by atoms with van der Waals surface area (Å²) in [6, 6.07) is 10.2. The second-order valence-electron chi connectivity index (χ2n) is 4.74. The number of benzene rings is 1. The van der Waals surface area contributed by atoms with E-state index in [0.29, 0.717) is 0 Å². The normalized spacial score (nSPS) is 11.7. The molecule has 1 aromatic heterocycles. The summed E-state index contributed by atoms with van der Waals surface area (Å²) in [5.41, 5.74) is 0.0426. The summed E-state index contributed by atoms with van der Waals surface area (Å²) in [5.74, 6) is 0. The van der Waals surface area contributed by atoms with Crippen LogP contribution in [0.15, 0.2) is 44.2 Å². The fraction of sp³-hybridized carbons (Fsp3) is 0.308. The van der Waals surface area contributed by atoms with Gasteiger partial charge in [0.1, 0.15) is 0 Å². The molecule has 0 amide bonds. The fourth-order valence-corrected chi connectivity index (χ4v) is 5.41. The molecule has 90 valence electrons. The Morgan fingerprint density at radius 1 is 1.06 bits per heavy atom. The van der Waals surface area contributed by atoms with Crippen LogP contribution in [-0.4, -0.2) is 0 Å². The van der Waals surface area contributed by atoms with Gasteiger partial charge in [0, 0.05) is 9.77 Å². The average molecular weight is 282 g/mol. The van der Waals surface area contributed by atoms with Gasteiger partial charge in [0.15, 0.2) is 0 Å². The van der Waals surface area contributed by atoms with Crippen molar-refractivity contribution < 1.29 is 0 Å². The van der Waals surface area contributed by atoms with Crippen LogP contribution in [0.5, 0.6) is 0 Å². The molecule has 4 heteroatoms. The maximum Gasteiger partial charge on any atom is 0.288 e. The van der Waals surface area contributed by atoms with Gasteiger partial charge in [0.2, 0.25) is 0 Å². The van der Waals surface area contributed by atoms with Gasteiger partial charge in [-0.15, -0.1) is 0 Å². The molecule has 0 spiro atoms. The highest BCUT2D eigenvalue weighted by Gasteiger charge is 2.22. The van der Waals surface area contributed by atoms with Crippen LogP contribution in [0.3, 0.4) is 0 Å². The van der Waals surface area contributed by atoms with E-state index in [1.54, 1.807) is 11.8 Å². The SMILES string of the molecule is CC(C)(C)c1sc(=O)sc1Sc1ccccc1. The summed E-state index contributed by atoms with van der Waals surface area (Å²) in [6.45, 7) is 6.46. The molecule has 0 aliphatic carbocycles. The van der Waals surface area contributed by atoms with Crippen LogP contribution in [0, 0.1) is 0 Å². The van der Waals surface area contributed by atoms with Crippen LogP contribution in [0.1, 0.15) is 25.6 Å². The summed E-state index contributed by atoms with van der Waals surface area (Å²) in [6.07, 6.45) is 0. The topological polar surface area (TPSA) is 17.1 Å². The van der Waals surface area contributed by atoms with Crippen LogP contribution in [0.2, 0.25) is 0 Å². The van der Waals surface area contributed by atoms with Crippen molar-refractivity contribution in [2.45, 2.75) is 35.3 Å². The highest BCUT2D eigenvalue weighted by molar-refractivity contribution is 8.01. The zero-order valence-corrected chi connectivity index (χ0v) is 12.5. The molecule has 0 N–H and O–H groups in total. The predicted octanol–water partition coefficient (Wildman–Crippen LogP) is 4.62. The van der Waals surface area contributed by atoms with E-state index >= 15 is 0 Å². The zero-order valence-electron chi connectivity index (χ0n) is 10.0. The lowest BCUT2D eigenvalue weighted by Crippen LogP contribution is -2.09. The van der Waals surface area contributed by atoms with Gasteiger partial charge in [-0.25, -0.2) is 0 Å². The number of rotatable bonds is 2. The van der Waals surface area contributed by atoms with Crippen LogP contribution in [0.25, 0.3) is 0 Å². The second kappa shape index (κ2) is 4.96. The fourth-order valence-electron chi connectivity index (χ4n) is 1.39. The molecule has 0 fully saturated rings. The van der Waals surface area contributed by atoms with Crippen LogP contribution in [0.4, 0.5) is 0 Å². The predicted molar refractivity (Wildman–Crippen MR) is 77.7 cm³/mol. The number of hydrogen-bond acceptors (Lipinski definition) is 4. The highest BCUT2D eigenvalue weighted by Crippen LogP contribution is 2.40. The molecule has 0 aliphatic heterocycles. The summed E-state index contributed by atoms with van der Waals surface area (Å²) in [5, 5.41) is 0. The first-order valence-corrected chi connectivity index (χ1v) is 7.79. The van der Waals surface area contributed by atoms with Crippen molar-refractivity contribution in [2.24, 2.45) is 0 Å². The lowest BCUT2D eigenvalue weighted by molar-refractivity contribution is 0.595. The molecule has 2 aromatic rings. The van der Waals surface area contributed by atoms with E-state index in [0.717, 1.165) is 4.21 Å². The van der Waals surface area contributed by atoms with Crippen LogP contribution < -0.4 is 4.06 Å². The number of hydrogen-bond donors (Lipinski definition) is 0. The maximum absolute atomic E-state index is 11.6. The summed E-state index contributed by atoms with van der Waals surface area (Å²) in [7, 11) is 0. The average Bonchev–Trinajstić information content (AvgIpc) is 2.60. The lowest BCUT2D eigenvalue weighted by Gasteiger charge is -2.17. The van der Waals surface area contributed by atoms with Gasteiger partial charge in [-0.05, 0) is 17.5 Å². The highest BCUT2D eigenvalue weighted by atomic mass is 32.2. The molecule has 17 heavy (non-hydrogen) atoms. The first-order chi connectivity index (χ1) is 7.97. The van der Waals surface area contributed by atoms with Crippen molar-refractivity contribution in [1.29, 1.82) is 0 Å². The second-order valence-corrected chi connectivity index (χ2v) is 8.30. The Balaban J connectivity index is 2.37. The molecule has 0 radical (unpaired) electrons. The molecule has 0 saturated carbocycles. The van der Waals surface area contributed by atoms with Gasteiger partial charge in [0.05, 0.1) is 4.21 Å². The summed E-state index contributed by atoms with van der Waals surface area (Å²) < 4.78 is 1.33. The Morgan fingerprint density at radius 2 is 1.71 bits per heavy atom. The van der Waals surface area contributed by atoms with E-state index in [1.807, 2.05) is 18.2 Å². The van der Waals surface area contributed by atoms with E-state index in [4.69, 9.17) is 0 Å². The van der Waals surface area contributed by atoms with Crippen molar-refractivity contribution in [3.8, 4) is 0 Å². The van der Waals surface area contributed by atoms with Crippen molar-refractivity contribution in [3.05, 3.63) is 44.1 Å². The molecular formula is C13H14OS3. The first kappa shape index (κ1) is 12.9. The molecule has 0 saturated heterocycles. The molecule has 2 rings (SSSR count). The Labute approximate surface area is 114 Å². The maximum atomic E-state index is 11.6. The smallest absolute Gasteiger partial charge is 0.265 e. The van der Waals surface area contributed by atoms with E-state index in [9.17, 15) is 4.79 Å². The van der Waals surface area contributed by atoms with Crippen molar-refractivity contribution in [2.75, 3.05) is 0 Å². The largest absolute Gasteiger partial charge is 0.288 e. The van der Waals surface area contributed by atoms with Crippen molar-refractivity contribution in [3.63, 3.8) is 0 Å². The molecule has 0 atom stereocenters. The molecule has 0 aliphatic rings. The summed E-state index contributed by atoms with van der Waals surface area (Å²) in [4.78, 5) is 14.0. The van der Waals surface area contributed by atoms with Gasteiger partial charge in [-0.2, -0.15) is 0 Å². The van der Waals surface area contributed by atoms with Gasteiger partial charge in [0.25, 0.3) is 4.06 Å². The van der Waals surface area contributed by atoms with Crippen LogP contribution >= 0.6 is 34.4 Å². The Bertz CT molecular complexity index is 546. The minimum atomic E-state index is 0.0426. The molecule has 1 nitrogen and oxygen atoms in total. The monoisotopic (exact) mass is 282 g/mol. The summed E-state index contributed by atoms with van der Waals surface area (Å²) >= 11 is 4.44. The van der Waals surface area contributed by atoms with Gasteiger partial charge in [-0.1, -0.05) is 73.4 Å². The van der Waals surface area contributed by atoms with Gasteiger partial charge >= 0.3 is 0 Å². The Kier molecular flexibility index (Phi) is 3.76. The third-order valence-electron chi connectivity index (χ3n) is 2.18. The van der Waals surface area contributed by atoms with Gasteiger partial charge < -0.3 is 0 Å². The Morgan fingerprint density at radius 3 is 2.29 bits per heavy atom. The minimum Gasteiger partial charge on any atom is -0.265 e. The van der Waals surface area contributed by atoms with Crippen molar-refractivity contribution >= 4 is 34.4 Å². The van der Waals surface area contributed by atoms with E-state index in [2.05, 4.69) is 32.9 Å². The standard InChI is InChI=1S/C13H14OS3/c1-13(2,3)10-11(17-12(14)16-10)15-9-7-5-4-6-8-9/h4-8H,1-3H3. The lowest BCUT2D eigenvalue weighted by atomic mass is 9.96. The minimum absolute atomic E-state index is 0.0426. The molecular weight excluding hydrogens is 268 g/mol. The molecule has 1 aromatic carbocycles. The van der Waals surface area contributed by atoms with Gasteiger partial charge in [-0.3, -0.25) is 4.79 Å². The first-order valence-electron chi connectivity index (χ1n) is 5.34. The Hall–Kier alpha value is -0.580.